The first-order valence-corrected chi connectivity index (χ1v) is 4.46. The summed E-state index contributed by atoms with van der Waals surface area (Å²) in [6, 6.07) is 5.63. The van der Waals surface area contributed by atoms with Gasteiger partial charge in [-0.2, -0.15) is 0 Å². The number of benzene rings is 1. The highest BCUT2D eigenvalue weighted by Gasteiger charge is 2.03. The number of nitrogens with zero attached hydrogens (tertiary/aromatic N) is 2. The monoisotopic (exact) mass is 192 g/mol. The summed E-state index contributed by atoms with van der Waals surface area (Å²) < 4.78 is 0. The average molecular weight is 193 g/mol. The second kappa shape index (κ2) is 2.96. The normalized spacial score (nSPS) is 10.7. The van der Waals surface area contributed by atoms with Gasteiger partial charge in [-0.15, -0.1) is 0 Å². The lowest BCUT2D eigenvalue weighted by atomic mass is 10.2. The standard InChI is InChI=1S/C10H9ClN2/c1-6-7(2)13-10-8(11)4-3-5-9(10)12-6/h3-5H,1-2H3. The lowest BCUT2D eigenvalue weighted by Gasteiger charge is -2.02. The van der Waals surface area contributed by atoms with Gasteiger partial charge in [-0.05, 0) is 26.0 Å². The third kappa shape index (κ3) is 1.38. The first kappa shape index (κ1) is 8.45. The van der Waals surface area contributed by atoms with Crippen LogP contribution in [0.4, 0.5) is 0 Å². The van der Waals surface area contributed by atoms with Gasteiger partial charge in [0.15, 0.2) is 0 Å². The Kier molecular flexibility index (Phi) is 1.93. The summed E-state index contributed by atoms with van der Waals surface area (Å²) in [5.74, 6) is 0. The van der Waals surface area contributed by atoms with Crippen LogP contribution >= 0.6 is 11.6 Å². The smallest absolute Gasteiger partial charge is 0.108 e. The Morgan fingerprint density at radius 2 is 1.77 bits per heavy atom. The molecular formula is C10H9ClN2. The molecule has 0 aliphatic rings. The summed E-state index contributed by atoms with van der Waals surface area (Å²) in [5, 5.41) is 0.660. The fourth-order valence-corrected chi connectivity index (χ4v) is 1.43. The lowest BCUT2D eigenvalue weighted by Crippen LogP contribution is -1.93. The molecule has 0 atom stereocenters. The molecule has 0 bridgehead atoms. The first-order chi connectivity index (χ1) is 6.18. The van der Waals surface area contributed by atoms with E-state index < -0.39 is 0 Å². The summed E-state index contributed by atoms with van der Waals surface area (Å²) in [6.45, 7) is 3.88. The second-order valence-electron chi connectivity index (χ2n) is 3.00. The zero-order chi connectivity index (χ0) is 9.42. The molecule has 0 aliphatic heterocycles. The van der Waals surface area contributed by atoms with Gasteiger partial charge in [-0.3, -0.25) is 0 Å². The van der Waals surface area contributed by atoms with Crippen LogP contribution in [0, 0.1) is 13.8 Å². The molecule has 13 heavy (non-hydrogen) atoms. The van der Waals surface area contributed by atoms with Gasteiger partial charge in [0.1, 0.15) is 5.52 Å². The minimum atomic E-state index is 0.660. The predicted molar refractivity (Wildman–Crippen MR) is 54.0 cm³/mol. The number of aromatic nitrogens is 2. The number of fused-ring (bicyclic) bond motifs is 1. The first-order valence-electron chi connectivity index (χ1n) is 4.08. The molecule has 66 valence electrons. The van der Waals surface area contributed by atoms with Crippen LogP contribution < -0.4 is 0 Å². The quantitative estimate of drug-likeness (QED) is 0.642. The molecule has 1 aromatic carbocycles. The highest BCUT2D eigenvalue weighted by Crippen LogP contribution is 2.20. The summed E-state index contributed by atoms with van der Waals surface area (Å²) in [4.78, 5) is 8.77. The van der Waals surface area contributed by atoms with Crippen LogP contribution in [0.25, 0.3) is 11.0 Å². The van der Waals surface area contributed by atoms with Crippen molar-refractivity contribution in [3.8, 4) is 0 Å². The lowest BCUT2D eigenvalue weighted by molar-refractivity contribution is 1.10. The Labute approximate surface area is 81.6 Å². The molecule has 0 saturated heterocycles. The van der Waals surface area contributed by atoms with Crippen molar-refractivity contribution in [3.05, 3.63) is 34.6 Å². The average Bonchev–Trinajstić information content (AvgIpc) is 2.09. The van der Waals surface area contributed by atoms with Crippen molar-refractivity contribution in [1.29, 1.82) is 0 Å². The molecule has 1 heterocycles. The fraction of sp³-hybridized carbons (Fsp3) is 0.200. The van der Waals surface area contributed by atoms with Gasteiger partial charge in [-0.25, -0.2) is 9.97 Å². The third-order valence-electron chi connectivity index (χ3n) is 2.06. The Morgan fingerprint density at radius 3 is 2.54 bits per heavy atom. The van der Waals surface area contributed by atoms with E-state index in [-0.39, 0.29) is 0 Å². The molecule has 1 aromatic heterocycles. The van der Waals surface area contributed by atoms with Crippen LogP contribution in [-0.4, -0.2) is 9.97 Å². The van der Waals surface area contributed by atoms with Gasteiger partial charge in [0.2, 0.25) is 0 Å². The van der Waals surface area contributed by atoms with Gasteiger partial charge in [0.05, 0.1) is 21.9 Å². The number of para-hydroxylation sites is 1. The van der Waals surface area contributed by atoms with E-state index in [2.05, 4.69) is 9.97 Å². The Bertz CT molecular complexity index is 466. The molecule has 0 N–H and O–H groups in total. The number of aryl methyl sites for hydroxylation is 2. The maximum Gasteiger partial charge on any atom is 0.108 e. The largest absolute Gasteiger partial charge is 0.250 e. The number of hydrogen-bond donors (Lipinski definition) is 0. The van der Waals surface area contributed by atoms with E-state index in [1.807, 2.05) is 32.0 Å². The zero-order valence-corrected chi connectivity index (χ0v) is 8.26. The molecule has 0 spiro atoms. The minimum absolute atomic E-state index is 0.660. The molecule has 2 rings (SSSR count). The summed E-state index contributed by atoms with van der Waals surface area (Å²) in [5.41, 5.74) is 3.53. The van der Waals surface area contributed by atoms with Crippen LogP contribution in [0.1, 0.15) is 11.4 Å². The maximum absolute atomic E-state index is 5.98. The van der Waals surface area contributed by atoms with Gasteiger partial charge in [-0.1, -0.05) is 17.7 Å². The molecule has 0 saturated carbocycles. The van der Waals surface area contributed by atoms with Crippen LogP contribution in [0.2, 0.25) is 5.02 Å². The van der Waals surface area contributed by atoms with Crippen molar-refractivity contribution >= 4 is 22.6 Å². The maximum atomic E-state index is 5.98. The van der Waals surface area contributed by atoms with Crippen LogP contribution in [0.5, 0.6) is 0 Å². The number of rotatable bonds is 0. The van der Waals surface area contributed by atoms with Crippen LogP contribution in [0.15, 0.2) is 18.2 Å². The van der Waals surface area contributed by atoms with Gasteiger partial charge < -0.3 is 0 Å². The summed E-state index contributed by atoms with van der Waals surface area (Å²) in [7, 11) is 0. The SMILES string of the molecule is Cc1nc2cccc(Cl)c2nc1C. The molecule has 0 amide bonds. The molecule has 0 radical (unpaired) electrons. The van der Waals surface area contributed by atoms with Gasteiger partial charge >= 0.3 is 0 Å². The molecule has 0 unspecified atom stereocenters. The highest BCUT2D eigenvalue weighted by atomic mass is 35.5. The Balaban J connectivity index is 2.89. The summed E-state index contributed by atoms with van der Waals surface area (Å²) >= 11 is 5.98. The molecule has 3 heteroatoms. The van der Waals surface area contributed by atoms with E-state index in [1.54, 1.807) is 0 Å². The van der Waals surface area contributed by atoms with Crippen molar-refractivity contribution < 1.29 is 0 Å². The van der Waals surface area contributed by atoms with E-state index in [4.69, 9.17) is 11.6 Å². The van der Waals surface area contributed by atoms with Crippen molar-refractivity contribution in [2.45, 2.75) is 13.8 Å². The molecular weight excluding hydrogens is 184 g/mol. The van der Waals surface area contributed by atoms with Crippen molar-refractivity contribution in [1.82, 2.24) is 9.97 Å². The third-order valence-corrected chi connectivity index (χ3v) is 2.36. The van der Waals surface area contributed by atoms with Crippen LogP contribution in [0.3, 0.4) is 0 Å². The molecule has 0 fully saturated rings. The fourth-order valence-electron chi connectivity index (χ4n) is 1.22. The highest BCUT2D eigenvalue weighted by molar-refractivity contribution is 6.34. The van der Waals surface area contributed by atoms with E-state index in [9.17, 15) is 0 Å². The predicted octanol–water partition coefficient (Wildman–Crippen LogP) is 2.90. The molecule has 2 nitrogen and oxygen atoms in total. The topological polar surface area (TPSA) is 25.8 Å². The Morgan fingerprint density at radius 1 is 1.08 bits per heavy atom. The van der Waals surface area contributed by atoms with Gasteiger partial charge in [0.25, 0.3) is 0 Å². The second-order valence-corrected chi connectivity index (χ2v) is 3.41. The van der Waals surface area contributed by atoms with Crippen molar-refractivity contribution in [2.75, 3.05) is 0 Å². The van der Waals surface area contributed by atoms with E-state index in [1.165, 1.54) is 0 Å². The van der Waals surface area contributed by atoms with E-state index >= 15 is 0 Å². The minimum Gasteiger partial charge on any atom is -0.250 e. The zero-order valence-electron chi connectivity index (χ0n) is 7.50. The van der Waals surface area contributed by atoms with Gasteiger partial charge in [0, 0.05) is 0 Å². The summed E-state index contributed by atoms with van der Waals surface area (Å²) in [6.07, 6.45) is 0. The van der Waals surface area contributed by atoms with E-state index in [0.29, 0.717) is 5.02 Å². The van der Waals surface area contributed by atoms with Crippen molar-refractivity contribution in [3.63, 3.8) is 0 Å². The van der Waals surface area contributed by atoms with Crippen molar-refractivity contribution in [2.24, 2.45) is 0 Å². The number of hydrogen-bond acceptors (Lipinski definition) is 2. The van der Waals surface area contributed by atoms with E-state index in [0.717, 1.165) is 22.4 Å². The number of halogens is 1. The Hall–Kier alpha value is -1.15. The van der Waals surface area contributed by atoms with Crippen LogP contribution in [-0.2, 0) is 0 Å². The molecule has 0 aliphatic carbocycles. The molecule has 2 aromatic rings.